The lowest BCUT2D eigenvalue weighted by Crippen LogP contribution is -2.44. The Balaban J connectivity index is 3.02. The zero-order chi connectivity index (χ0) is 12.0. The highest BCUT2D eigenvalue weighted by Crippen LogP contribution is 2.32. The van der Waals surface area contributed by atoms with Crippen molar-refractivity contribution >= 4 is 0 Å². The molecule has 0 heterocycles. The minimum atomic E-state index is -0.411. The quantitative estimate of drug-likeness (QED) is 0.775. The van der Waals surface area contributed by atoms with Gasteiger partial charge >= 0.3 is 0 Å². The molecule has 2 nitrogen and oxygen atoms in total. The molecule has 3 N–H and O–H groups in total. The second kappa shape index (κ2) is 6.02. The fraction of sp³-hybridized carbons (Fsp3) is 0.571. The van der Waals surface area contributed by atoms with Gasteiger partial charge in [0.25, 0.3) is 0 Å². The van der Waals surface area contributed by atoms with Crippen molar-refractivity contribution in [3.05, 3.63) is 35.9 Å². The van der Waals surface area contributed by atoms with Crippen molar-refractivity contribution in [1.82, 2.24) is 0 Å². The van der Waals surface area contributed by atoms with Gasteiger partial charge in [0.2, 0.25) is 0 Å². The van der Waals surface area contributed by atoms with Crippen LogP contribution in [-0.2, 0) is 5.41 Å². The zero-order valence-corrected chi connectivity index (χ0v) is 10.3. The Bertz CT molecular complexity index is 297. The largest absolute Gasteiger partial charge is 0.392 e. The van der Waals surface area contributed by atoms with E-state index in [1.54, 1.807) is 0 Å². The van der Waals surface area contributed by atoms with E-state index in [1.165, 1.54) is 0 Å². The third kappa shape index (κ3) is 2.63. The molecule has 0 amide bonds. The first-order chi connectivity index (χ1) is 7.67. The van der Waals surface area contributed by atoms with E-state index in [0.717, 1.165) is 24.8 Å². The van der Waals surface area contributed by atoms with Crippen molar-refractivity contribution in [3.8, 4) is 0 Å². The van der Waals surface area contributed by atoms with Crippen LogP contribution >= 0.6 is 0 Å². The van der Waals surface area contributed by atoms with Crippen molar-refractivity contribution in [1.29, 1.82) is 0 Å². The number of hydrogen-bond donors (Lipinski definition) is 2. The molecule has 0 saturated heterocycles. The molecule has 0 aliphatic rings. The van der Waals surface area contributed by atoms with Gasteiger partial charge in [-0.15, -0.1) is 0 Å². The second-order valence-corrected chi connectivity index (χ2v) is 4.51. The summed E-state index contributed by atoms with van der Waals surface area (Å²) in [5.74, 6) is 0. The molecule has 0 saturated carbocycles. The SMILES string of the molecule is CCCCC(CN)(c1ccccc1)C(C)O. The maximum Gasteiger partial charge on any atom is 0.0620 e. The predicted octanol–water partition coefficient (Wildman–Crippen LogP) is 2.45. The number of aliphatic hydroxyl groups excluding tert-OH is 1. The molecule has 2 unspecified atom stereocenters. The Hall–Kier alpha value is -0.860. The molecule has 0 aliphatic carbocycles. The lowest BCUT2D eigenvalue weighted by molar-refractivity contribution is 0.0926. The first-order valence-electron chi connectivity index (χ1n) is 6.11. The normalized spacial score (nSPS) is 16.8. The van der Waals surface area contributed by atoms with E-state index in [4.69, 9.17) is 5.73 Å². The van der Waals surface area contributed by atoms with E-state index in [0.29, 0.717) is 6.54 Å². The van der Waals surface area contributed by atoms with Crippen LogP contribution in [-0.4, -0.2) is 17.8 Å². The van der Waals surface area contributed by atoms with E-state index in [2.05, 4.69) is 19.1 Å². The molecule has 0 radical (unpaired) electrons. The van der Waals surface area contributed by atoms with E-state index in [9.17, 15) is 5.11 Å². The topological polar surface area (TPSA) is 46.2 Å². The molecule has 0 aromatic heterocycles. The summed E-state index contributed by atoms with van der Waals surface area (Å²) in [6.45, 7) is 4.50. The fourth-order valence-corrected chi connectivity index (χ4v) is 2.25. The van der Waals surface area contributed by atoms with Crippen LogP contribution < -0.4 is 5.73 Å². The lowest BCUT2D eigenvalue weighted by atomic mass is 9.72. The van der Waals surface area contributed by atoms with Gasteiger partial charge < -0.3 is 10.8 Å². The summed E-state index contributed by atoms with van der Waals surface area (Å²) >= 11 is 0. The van der Waals surface area contributed by atoms with Gasteiger partial charge in [0.15, 0.2) is 0 Å². The maximum absolute atomic E-state index is 10.1. The van der Waals surface area contributed by atoms with Crippen molar-refractivity contribution in [3.63, 3.8) is 0 Å². The van der Waals surface area contributed by atoms with Gasteiger partial charge in [-0.3, -0.25) is 0 Å². The Kier molecular flexibility index (Phi) is 4.97. The Morgan fingerprint density at radius 2 is 1.94 bits per heavy atom. The Morgan fingerprint density at radius 3 is 2.38 bits per heavy atom. The van der Waals surface area contributed by atoms with Crippen LogP contribution in [0.2, 0.25) is 0 Å². The van der Waals surface area contributed by atoms with E-state index in [1.807, 2.05) is 25.1 Å². The minimum Gasteiger partial charge on any atom is -0.392 e. The number of hydrogen-bond acceptors (Lipinski definition) is 2. The third-order valence-corrected chi connectivity index (χ3v) is 3.49. The number of nitrogens with two attached hydrogens (primary N) is 1. The predicted molar refractivity (Wildman–Crippen MR) is 68.4 cm³/mol. The maximum atomic E-state index is 10.1. The van der Waals surface area contributed by atoms with Gasteiger partial charge in [0.1, 0.15) is 0 Å². The standard InChI is InChI=1S/C14H23NO/c1-3-4-10-14(11-15,12(2)16)13-8-6-5-7-9-13/h5-9,12,16H,3-4,10-11,15H2,1-2H3. The van der Waals surface area contributed by atoms with Crippen LogP contribution in [0.3, 0.4) is 0 Å². The minimum absolute atomic E-state index is 0.280. The van der Waals surface area contributed by atoms with Gasteiger partial charge in [-0.05, 0) is 18.9 Å². The van der Waals surface area contributed by atoms with Crippen LogP contribution in [0.5, 0.6) is 0 Å². The smallest absolute Gasteiger partial charge is 0.0620 e. The summed E-state index contributed by atoms with van der Waals surface area (Å²) < 4.78 is 0. The van der Waals surface area contributed by atoms with Gasteiger partial charge in [-0.1, -0.05) is 50.1 Å². The van der Waals surface area contributed by atoms with Gasteiger partial charge in [0, 0.05) is 12.0 Å². The molecule has 1 rings (SSSR count). The van der Waals surface area contributed by atoms with Crippen LogP contribution in [0.1, 0.15) is 38.7 Å². The number of rotatable bonds is 6. The Labute approximate surface area is 98.5 Å². The van der Waals surface area contributed by atoms with Crippen LogP contribution in [0.25, 0.3) is 0 Å². The third-order valence-electron chi connectivity index (χ3n) is 3.49. The molecule has 90 valence electrons. The second-order valence-electron chi connectivity index (χ2n) is 4.51. The molecule has 0 spiro atoms. The van der Waals surface area contributed by atoms with Crippen LogP contribution in [0.4, 0.5) is 0 Å². The molecule has 1 aromatic rings. The van der Waals surface area contributed by atoms with Crippen molar-refractivity contribution < 1.29 is 5.11 Å². The molecule has 2 atom stereocenters. The first kappa shape index (κ1) is 13.2. The van der Waals surface area contributed by atoms with Gasteiger partial charge in [-0.25, -0.2) is 0 Å². The summed E-state index contributed by atoms with van der Waals surface area (Å²) in [6, 6.07) is 10.1. The Morgan fingerprint density at radius 1 is 1.31 bits per heavy atom. The summed E-state index contributed by atoms with van der Waals surface area (Å²) in [7, 11) is 0. The molecule has 1 aromatic carbocycles. The summed E-state index contributed by atoms with van der Waals surface area (Å²) in [6.07, 6.45) is 2.76. The highest BCUT2D eigenvalue weighted by molar-refractivity contribution is 5.27. The zero-order valence-electron chi connectivity index (χ0n) is 10.3. The van der Waals surface area contributed by atoms with Gasteiger partial charge in [0.05, 0.1) is 6.10 Å². The number of unbranched alkanes of at least 4 members (excludes halogenated alkanes) is 1. The molecular formula is C14H23NO. The first-order valence-corrected chi connectivity index (χ1v) is 6.11. The van der Waals surface area contributed by atoms with E-state index in [-0.39, 0.29) is 5.41 Å². The van der Waals surface area contributed by atoms with Crippen molar-refractivity contribution in [2.75, 3.05) is 6.54 Å². The van der Waals surface area contributed by atoms with Crippen LogP contribution in [0.15, 0.2) is 30.3 Å². The molecular weight excluding hydrogens is 198 g/mol. The molecule has 0 fully saturated rings. The molecule has 0 bridgehead atoms. The summed E-state index contributed by atoms with van der Waals surface area (Å²) in [5.41, 5.74) is 6.79. The van der Waals surface area contributed by atoms with Gasteiger partial charge in [-0.2, -0.15) is 0 Å². The van der Waals surface area contributed by atoms with Crippen molar-refractivity contribution in [2.45, 2.75) is 44.6 Å². The number of aliphatic hydroxyl groups is 1. The molecule has 16 heavy (non-hydrogen) atoms. The fourth-order valence-electron chi connectivity index (χ4n) is 2.25. The average Bonchev–Trinajstić information content (AvgIpc) is 2.31. The molecule has 0 aliphatic heterocycles. The van der Waals surface area contributed by atoms with E-state index >= 15 is 0 Å². The summed E-state index contributed by atoms with van der Waals surface area (Å²) in [5, 5.41) is 10.1. The molecule has 2 heteroatoms. The van der Waals surface area contributed by atoms with Crippen LogP contribution in [0, 0.1) is 0 Å². The summed E-state index contributed by atoms with van der Waals surface area (Å²) in [4.78, 5) is 0. The highest BCUT2D eigenvalue weighted by atomic mass is 16.3. The lowest BCUT2D eigenvalue weighted by Gasteiger charge is -2.36. The monoisotopic (exact) mass is 221 g/mol. The van der Waals surface area contributed by atoms with E-state index < -0.39 is 6.10 Å². The number of benzene rings is 1. The van der Waals surface area contributed by atoms with Crippen molar-refractivity contribution in [2.24, 2.45) is 5.73 Å². The highest BCUT2D eigenvalue weighted by Gasteiger charge is 2.34. The average molecular weight is 221 g/mol.